The van der Waals surface area contributed by atoms with Gasteiger partial charge in [0.2, 0.25) is 0 Å². The molecule has 2 N–H and O–H groups in total. The maximum atomic E-state index is 12.8. The van der Waals surface area contributed by atoms with E-state index in [0.717, 1.165) is 17.5 Å². The number of benzene rings is 2. The second-order valence-electron chi connectivity index (χ2n) is 7.84. The van der Waals surface area contributed by atoms with Crippen LogP contribution in [0.2, 0.25) is 0 Å². The normalized spacial score (nSPS) is 14.8. The Morgan fingerprint density at radius 1 is 1.03 bits per heavy atom. The summed E-state index contributed by atoms with van der Waals surface area (Å²) in [6, 6.07) is 16.0. The topological polar surface area (TPSA) is 101 Å². The lowest BCUT2D eigenvalue weighted by atomic mass is 9.93. The van der Waals surface area contributed by atoms with E-state index < -0.39 is 10.0 Å². The summed E-state index contributed by atoms with van der Waals surface area (Å²) in [6.45, 7) is 4.20. The molecular formula is C24H25N3O4S. The SMILES string of the molecule is Cc1ccc(CNC(=O)c2oc3c(c2C)/C(=N/NS(=O)(=O)c2ccccc2)CCC3)cc1. The van der Waals surface area contributed by atoms with Crippen LogP contribution in [0.25, 0.3) is 0 Å². The molecule has 1 heterocycles. The Balaban J connectivity index is 1.54. The number of carbonyl (C=O) groups is 1. The highest BCUT2D eigenvalue weighted by molar-refractivity contribution is 7.89. The van der Waals surface area contributed by atoms with Crippen molar-refractivity contribution in [3.63, 3.8) is 0 Å². The number of nitrogens with one attached hydrogen (secondary N) is 2. The summed E-state index contributed by atoms with van der Waals surface area (Å²) in [5.74, 6) is 0.594. The molecule has 8 heteroatoms. The molecule has 166 valence electrons. The molecular weight excluding hydrogens is 426 g/mol. The highest BCUT2D eigenvalue weighted by Crippen LogP contribution is 2.30. The monoisotopic (exact) mass is 451 g/mol. The second kappa shape index (κ2) is 9.00. The molecule has 7 nitrogen and oxygen atoms in total. The molecule has 0 spiro atoms. The molecule has 0 radical (unpaired) electrons. The van der Waals surface area contributed by atoms with E-state index in [2.05, 4.69) is 15.2 Å². The maximum Gasteiger partial charge on any atom is 0.287 e. The predicted octanol–water partition coefficient (Wildman–Crippen LogP) is 3.85. The summed E-state index contributed by atoms with van der Waals surface area (Å²) in [7, 11) is -3.77. The van der Waals surface area contributed by atoms with E-state index in [-0.39, 0.29) is 16.6 Å². The van der Waals surface area contributed by atoms with E-state index in [1.807, 2.05) is 31.2 Å². The van der Waals surface area contributed by atoms with E-state index in [1.54, 1.807) is 25.1 Å². The van der Waals surface area contributed by atoms with Gasteiger partial charge in [0.15, 0.2) is 5.76 Å². The Bertz CT molecular complexity index is 1260. The molecule has 32 heavy (non-hydrogen) atoms. The zero-order valence-corrected chi connectivity index (χ0v) is 18.8. The number of fused-ring (bicyclic) bond motifs is 1. The summed E-state index contributed by atoms with van der Waals surface area (Å²) >= 11 is 0. The Kier molecular flexibility index (Phi) is 6.14. The van der Waals surface area contributed by atoms with Crippen molar-refractivity contribution in [3.8, 4) is 0 Å². The average Bonchev–Trinajstić information content (AvgIpc) is 3.15. The highest BCUT2D eigenvalue weighted by atomic mass is 32.2. The van der Waals surface area contributed by atoms with Crippen LogP contribution >= 0.6 is 0 Å². The van der Waals surface area contributed by atoms with Crippen molar-refractivity contribution in [2.24, 2.45) is 5.10 Å². The molecule has 0 atom stereocenters. The Labute approximate surface area is 187 Å². The Morgan fingerprint density at radius 3 is 2.47 bits per heavy atom. The van der Waals surface area contributed by atoms with Gasteiger partial charge in [-0.2, -0.15) is 18.4 Å². The predicted molar refractivity (Wildman–Crippen MR) is 122 cm³/mol. The van der Waals surface area contributed by atoms with Gasteiger partial charge in [-0.25, -0.2) is 0 Å². The lowest BCUT2D eigenvalue weighted by molar-refractivity contribution is 0.0920. The van der Waals surface area contributed by atoms with E-state index in [4.69, 9.17) is 4.42 Å². The second-order valence-corrected chi connectivity index (χ2v) is 9.50. The van der Waals surface area contributed by atoms with Gasteiger partial charge in [0.05, 0.1) is 10.6 Å². The van der Waals surface area contributed by atoms with Crippen molar-refractivity contribution in [2.75, 3.05) is 0 Å². The maximum absolute atomic E-state index is 12.8. The summed E-state index contributed by atoms with van der Waals surface area (Å²) in [5.41, 5.74) is 4.11. The van der Waals surface area contributed by atoms with Gasteiger partial charge < -0.3 is 9.73 Å². The zero-order chi connectivity index (χ0) is 22.7. The fourth-order valence-electron chi connectivity index (χ4n) is 3.73. The third-order valence-electron chi connectivity index (χ3n) is 5.46. The molecule has 0 fully saturated rings. The number of hydrogen-bond acceptors (Lipinski definition) is 5. The highest BCUT2D eigenvalue weighted by Gasteiger charge is 2.28. The van der Waals surface area contributed by atoms with E-state index >= 15 is 0 Å². The number of nitrogens with zero attached hydrogens (tertiary/aromatic N) is 1. The van der Waals surface area contributed by atoms with Crippen LogP contribution in [0, 0.1) is 13.8 Å². The Hall–Kier alpha value is -3.39. The van der Waals surface area contributed by atoms with Crippen molar-refractivity contribution >= 4 is 21.6 Å². The van der Waals surface area contributed by atoms with Crippen molar-refractivity contribution in [1.82, 2.24) is 10.1 Å². The number of furan rings is 1. The van der Waals surface area contributed by atoms with Crippen LogP contribution < -0.4 is 10.1 Å². The molecule has 1 aromatic heterocycles. The minimum Gasteiger partial charge on any atom is -0.455 e. The smallest absolute Gasteiger partial charge is 0.287 e. The van der Waals surface area contributed by atoms with Crippen LogP contribution in [-0.2, 0) is 23.0 Å². The molecule has 4 rings (SSSR count). The van der Waals surface area contributed by atoms with Crippen LogP contribution in [0.1, 0.15) is 51.4 Å². The number of hydrogen-bond donors (Lipinski definition) is 2. The van der Waals surface area contributed by atoms with Gasteiger partial charge in [-0.05, 0) is 44.4 Å². The third kappa shape index (κ3) is 4.60. The fourth-order valence-corrected chi connectivity index (χ4v) is 4.58. The molecule has 1 aliphatic carbocycles. The molecule has 0 unspecified atom stereocenters. The summed E-state index contributed by atoms with van der Waals surface area (Å²) in [5, 5.41) is 7.09. The van der Waals surface area contributed by atoms with E-state index in [0.29, 0.717) is 42.0 Å². The molecule has 0 saturated carbocycles. The number of sulfonamides is 1. The molecule has 3 aromatic rings. The van der Waals surface area contributed by atoms with Crippen molar-refractivity contribution in [1.29, 1.82) is 0 Å². The quantitative estimate of drug-likeness (QED) is 0.556. The van der Waals surface area contributed by atoms with Crippen molar-refractivity contribution in [2.45, 2.75) is 44.6 Å². The molecule has 1 amide bonds. The molecule has 2 aromatic carbocycles. The van der Waals surface area contributed by atoms with Gasteiger partial charge in [0.1, 0.15) is 5.76 Å². The average molecular weight is 452 g/mol. The number of amides is 1. The first kappa shape index (κ1) is 21.8. The third-order valence-corrected chi connectivity index (χ3v) is 6.68. The number of rotatable bonds is 6. The van der Waals surface area contributed by atoms with E-state index in [1.165, 1.54) is 12.1 Å². The van der Waals surface area contributed by atoms with Crippen LogP contribution in [-0.4, -0.2) is 20.0 Å². The lowest BCUT2D eigenvalue weighted by Gasteiger charge is -2.14. The van der Waals surface area contributed by atoms with Crippen LogP contribution in [0.3, 0.4) is 0 Å². The van der Waals surface area contributed by atoms with Crippen LogP contribution in [0.4, 0.5) is 0 Å². The van der Waals surface area contributed by atoms with Gasteiger partial charge in [-0.1, -0.05) is 48.0 Å². The number of aryl methyl sites for hydroxylation is 2. The first-order valence-corrected chi connectivity index (χ1v) is 11.9. The van der Waals surface area contributed by atoms with Gasteiger partial charge in [-0.15, -0.1) is 0 Å². The summed E-state index contributed by atoms with van der Waals surface area (Å²) in [4.78, 5) is 15.2. The Morgan fingerprint density at radius 2 is 1.75 bits per heavy atom. The minimum atomic E-state index is -3.77. The van der Waals surface area contributed by atoms with Crippen LogP contribution in [0.15, 0.2) is 69.0 Å². The molecule has 0 bridgehead atoms. The van der Waals surface area contributed by atoms with Crippen molar-refractivity contribution < 1.29 is 17.6 Å². The standard InChI is InChI=1S/C24H25N3O4S/c1-16-11-13-18(14-12-16)15-25-24(28)23-17(2)22-20(9-6-10-21(22)31-23)26-27-32(29,30)19-7-4-3-5-8-19/h3-5,7-8,11-14,27H,6,9-10,15H2,1-2H3,(H,25,28)/b26-20+. The minimum absolute atomic E-state index is 0.139. The van der Waals surface area contributed by atoms with Gasteiger partial charge >= 0.3 is 0 Å². The van der Waals surface area contributed by atoms with Gasteiger partial charge in [-0.3, -0.25) is 4.79 Å². The van der Waals surface area contributed by atoms with E-state index in [9.17, 15) is 13.2 Å². The fraction of sp³-hybridized carbons (Fsp3) is 0.250. The van der Waals surface area contributed by atoms with Gasteiger partial charge in [0.25, 0.3) is 15.9 Å². The van der Waals surface area contributed by atoms with Gasteiger partial charge in [0, 0.05) is 24.1 Å². The first-order valence-electron chi connectivity index (χ1n) is 10.4. The molecule has 0 saturated heterocycles. The zero-order valence-electron chi connectivity index (χ0n) is 18.0. The first-order chi connectivity index (χ1) is 15.3. The number of carbonyl (C=O) groups excluding carboxylic acids is 1. The van der Waals surface area contributed by atoms with Crippen LogP contribution in [0.5, 0.6) is 0 Å². The molecule has 1 aliphatic rings. The van der Waals surface area contributed by atoms with Crippen molar-refractivity contribution in [3.05, 3.63) is 88.4 Å². The lowest BCUT2D eigenvalue weighted by Crippen LogP contribution is -2.23. The molecule has 0 aliphatic heterocycles. The summed E-state index contributed by atoms with van der Waals surface area (Å²) < 4.78 is 30.9. The number of hydrazone groups is 1. The summed E-state index contributed by atoms with van der Waals surface area (Å²) in [6.07, 6.45) is 2.03. The largest absolute Gasteiger partial charge is 0.455 e.